The maximum absolute atomic E-state index is 12.4. The largest absolute Gasteiger partial charge is 0.497 e. The molecule has 112 valence electrons. The normalized spacial score (nSPS) is 30.7. The molecule has 1 aromatic carbocycles. The summed E-state index contributed by atoms with van der Waals surface area (Å²) >= 11 is 0. The molecule has 6 heteroatoms. The Morgan fingerprint density at radius 2 is 2.00 bits per heavy atom. The van der Waals surface area contributed by atoms with E-state index in [0.29, 0.717) is 0 Å². The molecule has 2 saturated heterocycles. The molecule has 0 aromatic heterocycles. The third-order valence-electron chi connectivity index (χ3n) is 4.39. The number of likely N-dealkylation sites (tertiary alicyclic amines) is 1. The fourth-order valence-corrected chi connectivity index (χ4v) is 3.10. The Morgan fingerprint density at radius 3 is 2.52 bits per heavy atom. The van der Waals surface area contributed by atoms with Gasteiger partial charge in [-0.3, -0.25) is 4.79 Å². The second kappa shape index (κ2) is 4.73. The van der Waals surface area contributed by atoms with E-state index in [4.69, 9.17) is 9.47 Å². The predicted octanol–water partition coefficient (Wildman–Crippen LogP) is 0.330. The van der Waals surface area contributed by atoms with Crippen LogP contribution in [-0.4, -0.2) is 47.2 Å². The maximum Gasteiger partial charge on any atom is 0.338 e. The van der Waals surface area contributed by atoms with Gasteiger partial charge >= 0.3 is 5.97 Å². The molecule has 3 rings (SSSR count). The minimum atomic E-state index is -1.21. The molecule has 3 atom stereocenters. The molecule has 2 fully saturated rings. The Bertz CT molecular complexity index is 584. The lowest BCUT2D eigenvalue weighted by Gasteiger charge is -2.45. The number of rotatable bonds is 4. The number of hydrogen-bond acceptors (Lipinski definition) is 5. The van der Waals surface area contributed by atoms with Gasteiger partial charge in [-0.05, 0) is 24.6 Å². The quantitative estimate of drug-likeness (QED) is 0.809. The zero-order chi connectivity index (χ0) is 15.2. The molecular weight excluding hydrogens is 274 g/mol. The molecule has 0 unspecified atom stereocenters. The summed E-state index contributed by atoms with van der Waals surface area (Å²) in [6, 6.07) is 7.25. The van der Waals surface area contributed by atoms with Crippen molar-refractivity contribution in [3.05, 3.63) is 29.8 Å². The van der Waals surface area contributed by atoms with E-state index in [1.807, 2.05) is 12.1 Å². The number of esters is 1. The van der Waals surface area contributed by atoms with E-state index in [1.165, 1.54) is 4.90 Å². The first kappa shape index (κ1) is 13.9. The third kappa shape index (κ3) is 1.75. The highest BCUT2D eigenvalue weighted by molar-refractivity contribution is 5.99. The Balaban J connectivity index is 1.88. The minimum absolute atomic E-state index is 0.171. The maximum atomic E-state index is 12.4. The summed E-state index contributed by atoms with van der Waals surface area (Å²) in [6.45, 7) is 1.57. The highest BCUT2D eigenvalue weighted by atomic mass is 16.6. The first-order chi connectivity index (χ1) is 10.0. The number of aliphatic hydroxyl groups is 1. The van der Waals surface area contributed by atoms with E-state index in [9.17, 15) is 14.7 Å². The molecule has 0 saturated carbocycles. The molecular formula is C15H17NO5. The van der Waals surface area contributed by atoms with Gasteiger partial charge in [-0.15, -0.1) is 0 Å². The monoisotopic (exact) mass is 291 g/mol. The summed E-state index contributed by atoms with van der Waals surface area (Å²) in [5.74, 6) is -0.400. The van der Waals surface area contributed by atoms with Crippen LogP contribution in [0.5, 0.6) is 5.75 Å². The number of ether oxygens (including phenoxy) is 2. The van der Waals surface area contributed by atoms with Crippen molar-refractivity contribution in [2.45, 2.75) is 25.1 Å². The first-order valence-electron chi connectivity index (χ1n) is 6.81. The van der Waals surface area contributed by atoms with Crippen LogP contribution in [0, 0.1) is 5.92 Å². The summed E-state index contributed by atoms with van der Waals surface area (Å²) in [5, 5.41) is 9.67. The van der Waals surface area contributed by atoms with Gasteiger partial charge in [0.1, 0.15) is 11.9 Å². The highest BCUT2D eigenvalue weighted by Crippen LogP contribution is 2.45. The van der Waals surface area contributed by atoms with E-state index < -0.39 is 30.1 Å². The lowest BCUT2D eigenvalue weighted by Crippen LogP contribution is -2.69. The molecule has 21 heavy (non-hydrogen) atoms. The number of fused-ring (bicyclic) bond motifs is 1. The molecule has 2 aliphatic rings. The van der Waals surface area contributed by atoms with Gasteiger partial charge in [0.15, 0.2) is 0 Å². The van der Waals surface area contributed by atoms with Crippen LogP contribution in [0.25, 0.3) is 0 Å². The van der Waals surface area contributed by atoms with E-state index in [-0.39, 0.29) is 12.5 Å². The smallest absolute Gasteiger partial charge is 0.338 e. The average Bonchev–Trinajstić information content (AvgIpc) is 2.66. The summed E-state index contributed by atoms with van der Waals surface area (Å²) in [4.78, 5) is 25.7. The third-order valence-corrected chi connectivity index (χ3v) is 4.39. The Hall–Kier alpha value is -2.08. The van der Waals surface area contributed by atoms with Crippen molar-refractivity contribution in [3.8, 4) is 5.75 Å². The van der Waals surface area contributed by atoms with Crippen LogP contribution in [0.15, 0.2) is 24.3 Å². The molecule has 1 N–H and O–H groups in total. The zero-order valence-electron chi connectivity index (χ0n) is 11.9. The van der Waals surface area contributed by atoms with Crippen molar-refractivity contribution in [2.24, 2.45) is 5.92 Å². The first-order valence-corrected chi connectivity index (χ1v) is 6.81. The number of aliphatic hydroxyl groups excluding tert-OH is 1. The fourth-order valence-electron chi connectivity index (χ4n) is 3.10. The fraction of sp³-hybridized carbons (Fsp3) is 0.467. The number of methoxy groups -OCH3 is 1. The average molecular weight is 291 g/mol. The molecule has 0 spiro atoms. The van der Waals surface area contributed by atoms with Crippen LogP contribution in [-0.2, 0) is 20.9 Å². The second-order valence-corrected chi connectivity index (χ2v) is 5.47. The topological polar surface area (TPSA) is 76.1 Å². The van der Waals surface area contributed by atoms with Crippen molar-refractivity contribution in [2.75, 3.05) is 13.7 Å². The molecule has 0 radical (unpaired) electrons. The number of carbonyl (C=O) groups excluding carboxylic acids is 2. The minimum Gasteiger partial charge on any atom is -0.497 e. The number of benzene rings is 1. The summed E-state index contributed by atoms with van der Waals surface area (Å²) in [7, 11) is 1.58. The Kier molecular flexibility index (Phi) is 3.13. The number of amides is 1. The lowest BCUT2D eigenvalue weighted by atomic mass is 9.84. The van der Waals surface area contributed by atoms with Crippen molar-refractivity contribution in [3.63, 3.8) is 0 Å². The number of nitrogens with zero attached hydrogens (tertiary/aromatic N) is 1. The number of carbonyl (C=O) groups is 2. The van der Waals surface area contributed by atoms with Gasteiger partial charge in [0, 0.05) is 6.54 Å². The summed E-state index contributed by atoms with van der Waals surface area (Å²) in [5.41, 5.74) is -0.347. The van der Waals surface area contributed by atoms with E-state index in [1.54, 1.807) is 26.2 Å². The van der Waals surface area contributed by atoms with E-state index >= 15 is 0 Å². The van der Waals surface area contributed by atoms with Gasteiger partial charge in [0.2, 0.25) is 11.4 Å². The van der Waals surface area contributed by atoms with Gasteiger partial charge in [-0.2, -0.15) is 0 Å². The Labute approximate surface area is 122 Å². The van der Waals surface area contributed by atoms with E-state index in [0.717, 1.165) is 11.3 Å². The zero-order valence-corrected chi connectivity index (χ0v) is 11.9. The van der Waals surface area contributed by atoms with Crippen LogP contribution in [0.3, 0.4) is 0 Å². The molecule has 0 aliphatic carbocycles. The van der Waals surface area contributed by atoms with Crippen LogP contribution < -0.4 is 4.74 Å². The van der Waals surface area contributed by atoms with Crippen molar-refractivity contribution >= 4 is 11.9 Å². The van der Waals surface area contributed by atoms with Gasteiger partial charge in [-0.25, -0.2) is 4.79 Å². The van der Waals surface area contributed by atoms with Crippen LogP contribution >= 0.6 is 0 Å². The van der Waals surface area contributed by atoms with E-state index in [2.05, 4.69) is 0 Å². The lowest BCUT2D eigenvalue weighted by molar-refractivity contribution is -0.208. The second-order valence-electron chi connectivity index (χ2n) is 5.47. The van der Waals surface area contributed by atoms with Crippen LogP contribution in [0.2, 0.25) is 0 Å². The predicted molar refractivity (Wildman–Crippen MR) is 72.4 cm³/mol. The Morgan fingerprint density at radius 1 is 1.33 bits per heavy atom. The van der Waals surface area contributed by atoms with Crippen LogP contribution in [0.4, 0.5) is 0 Å². The standard InChI is InChI=1S/C15H17NO5/c1-9-12-15(8-17,14(19)21-12)16(13(9)18)7-10-3-5-11(20-2)6-4-10/h3-6,9,12,17H,7-8H2,1-2H3/t9-,12+,15-/m1/s1. The van der Waals surface area contributed by atoms with Crippen molar-refractivity contribution in [1.29, 1.82) is 0 Å². The molecule has 1 amide bonds. The van der Waals surface area contributed by atoms with Crippen molar-refractivity contribution in [1.82, 2.24) is 4.90 Å². The summed E-state index contributed by atoms with van der Waals surface area (Å²) in [6.07, 6.45) is -0.555. The molecule has 6 nitrogen and oxygen atoms in total. The highest BCUT2D eigenvalue weighted by Gasteiger charge is 2.71. The van der Waals surface area contributed by atoms with Gasteiger partial charge in [-0.1, -0.05) is 12.1 Å². The summed E-state index contributed by atoms with van der Waals surface area (Å²) < 4.78 is 10.2. The molecule has 2 aliphatic heterocycles. The van der Waals surface area contributed by atoms with Crippen LogP contribution in [0.1, 0.15) is 12.5 Å². The molecule has 2 heterocycles. The van der Waals surface area contributed by atoms with Crippen molar-refractivity contribution < 1.29 is 24.2 Å². The number of hydrogen-bond donors (Lipinski definition) is 1. The molecule has 1 aromatic rings. The van der Waals surface area contributed by atoms with Gasteiger partial charge in [0.05, 0.1) is 19.6 Å². The molecule has 0 bridgehead atoms. The van der Waals surface area contributed by atoms with Gasteiger partial charge in [0.25, 0.3) is 0 Å². The SMILES string of the molecule is COc1ccc(CN2C(=O)[C@H](C)[C@@H]3OC(=O)[C@@]32CO)cc1. The van der Waals surface area contributed by atoms with Gasteiger partial charge < -0.3 is 19.5 Å².